The Morgan fingerprint density at radius 2 is 2.24 bits per heavy atom. The van der Waals surface area contributed by atoms with Crippen LogP contribution in [0.1, 0.15) is 17.4 Å². The van der Waals surface area contributed by atoms with E-state index < -0.39 is 0 Å². The number of carbonyl (C=O) groups is 1. The summed E-state index contributed by atoms with van der Waals surface area (Å²) >= 11 is 6.16. The number of nitrogens with zero attached hydrogens (tertiary/aromatic N) is 2. The summed E-state index contributed by atoms with van der Waals surface area (Å²) in [4.78, 5) is 14.4. The first-order valence-electron chi connectivity index (χ1n) is 6.99. The number of halogens is 1. The molecule has 5 nitrogen and oxygen atoms in total. The molecule has 1 atom stereocenters. The number of aromatic amines is 1. The van der Waals surface area contributed by atoms with Crippen LogP contribution in [0.4, 0.5) is 0 Å². The highest BCUT2D eigenvalue weighted by atomic mass is 35.5. The fraction of sp³-hybridized carbons (Fsp3) is 0.333. The summed E-state index contributed by atoms with van der Waals surface area (Å²) in [6, 6.07) is 9.41. The average Bonchev–Trinajstić information content (AvgIpc) is 2.97. The van der Waals surface area contributed by atoms with Crippen molar-refractivity contribution in [2.45, 2.75) is 13.0 Å². The smallest absolute Gasteiger partial charge is 0.272 e. The molecule has 6 heteroatoms. The number of benzene rings is 1. The molecule has 1 aliphatic rings. The zero-order valence-corrected chi connectivity index (χ0v) is 12.5. The highest BCUT2D eigenvalue weighted by molar-refractivity contribution is 6.33. The van der Waals surface area contributed by atoms with Crippen LogP contribution in [-0.2, 0) is 0 Å². The fourth-order valence-electron chi connectivity index (χ4n) is 2.54. The minimum atomic E-state index is -0.0187. The molecule has 0 saturated carbocycles. The van der Waals surface area contributed by atoms with Crippen molar-refractivity contribution in [3.8, 4) is 11.3 Å². The summed E-state index contributed by atoms with van der Waals surface area (Å²) in [5, 5.41) is 10.9. The Morgan fingerprint density at radius 1 is 1.43 bits per heavy atom. The van der Waals surface area contributed by atoms with E-state index in [4.69, 9.17) is 11.6 Å². The first-order chi connectivity index (χ1) is 10.2. The Bertz CT molecular complexity index is 655. The summed E-state index contributed by atoms with van der Waals surface area (Å²) in [6.07, 6.45) is 0. The Balaban J connectivity index is 1.85. The van der Waals surface area contributed by atoms with Crippen molar-refractivity contribution >= 4 is 17.5 Å². The van der Waals surface area contributed by atoms with Crippen LogP contribution in [-0.4, -0.2) is 46.7 Å². The van der Waals surface area contributed by atoms with Crippen LogP contribution < -0.4 is 5.32 Å². The van der Waals surface area contributed by atoms with Crippen LogP contribution in [0.25, 0.3) is 11.3 Å². The molecule has 21 heavy (non-hydrogen) atoms. The van der Waals surface area contributed by atoms with Gasteiger partial charge >= 0.3 is 0 Å². The first-order valence-corrected chi connectivity index (χ1v) is 7.36. The second-order valence-electron chi connectivity index (χ2n) is 5.20. The van der Waals surface area contributed by atoms with Gasteiger partial charge in [0.15, 0.2) is 0 Å². The van der Waals surface area contributed by atoms with E-state index in [1.807, 2.05) is 36.1 Å². The van der Waals surface area contributed by atoms with Gasteiger partial charge in [0.05, 0.1) is 10.7 Å². The molecule has 0 unspecified atom stereocenters. The van der Waals surface area contributed by atoms with E-state index in [0.717, 1.165) is 18.7 Å². The molecule has 1 saturated heterocycles. The average molecular weight is 305 g/mol. The highest BCUT2D eigenvalue weighted by Crippen LogP contribution is 2.26. The standard InChI is InChI=1S/C15H17ClN4O/c1-10-9-17-6-7-20(10)15(21)14-8-13(18-19-14)11-4-2-3-5-12(11)16/h2-5,8,10,17H,6-7,9H2,1H3,(H,18,19)/t10-/m1/s1. The number of rotatable bonds is 2. The zero-order chi connectivity index (χ0) is 14.8. The van der Waals surface area contributed by atoms with Crippen molar-refractivity contribution in [1.82, 2.24) is 20.4 Å². The molecular formula is C15H17ClN4O. The molecule has 0 spiro atoms. The molecule has 3 rings (SSSR count). The van der Waals surface area contributed by atoms with Crippen molar-refractivity contribution in [2.75, 3.05) is 19.6 Å². The predicted octanol–water partition coefficient (Wildman–Crippen LogP) is 2.16. The van der Waals surface area contributed by atoms with Crippen LogP contribution in [0, 0.1) is 0 Å². The number of hydrogen-bond donors (Lipinski definition) is 2. The van der Waals surface area contributed by atoms with E-state index in [0.29, 0.717) is 23.0 Å². The van der Waals surface area contributed by atoms with Gasteiger partial charge in [-0.05, 0) is 19.1 Å². The van der Waals surface area contributed by atoms with Gasteiger partial charge in [-0.3, -0.25) is 9.89 Å². The number of nitrogens with one attached hydrogen (secondary N) is 2. The lowest BCUT2D eigenvalue weighted by Crippen LogP contribution is -2.52. The van der Waals surface area contributed by atoms with Crippen LogP contribution in [0.3, 0.4) is 0 Å². The third-order valence-corrected chi connectivity index (χ3v) is 4.05. The van der Waals surface area contributed by atoms with Gasteiger partial charge in [0.25, 0.3) is 5.91 Å². The van der Waals surface area contributed by atoms with Crippen LogP contribution in [0.5, 0.6) is 0 Å². The van der Waals surface area contributed by atoms with E-state index in [9.17, 15) is 4.79 Å². The number of piperazine rings is 1. The quantitative estimate of drug-likeness (QED) is 0.894. The lowest BCUT2D eigenvalue weighted by Gasteiger charge is -2.33. The fourth-order valence-corrected chi connectivity index (χ4v) is 2.77. The van der Waals surface area contributed by atoms with Gasteiger partial charge in [0, 0.05) is 31.2 Å². The number of H-pyrrole nitrogens is 1. The van der Waals surface area contributed by atoms with E-state index in [1.165, 1.54) is 0 Å². The molecule has 2 N–H and O–H groups in total. The van der Waals surface area contributed by atoms with Gasteiger partial charge in [0.2, 0.25) is 0 Å². The van der Waals surface area contributed by atoms with Crippen LogP contribution in [0.15, 0.2) is 30.3 Å². The van der Waals surface area contributed by atoms with Gasteiger partial charge in [0.1, 0.15) is 5.69 Å². The van der Waals surface area contributed by atoms with Gasteiger partial charge in [-0.15, -0.1) is 0 Å². The van der Waals surface area contributed by atoms with Gasteiger partial charge in [-0.25, -0.2) is 0 Å². The van der Waals surface area contributed by atoms with E-state index in [-0.39, 0.29) is 11.9 Å². The van der Waals surface area contributed by atoms with Gasteiger partial charge in [-0.2, -0.15) is 5.10 Å². The molecule has 0 radical (unpaired) electrons. The maximum Gasteiger partial charge on any atom is 0.272 e. The number of aromatic nitrogens is 2. The molecule has 1 fully saturated rings. The molecule has 1 aliphatic heterocycles. The van der Waals surface area contributed by atoms with Crippen molar-refractivity contribution in [3.63, 3.8) is 0 Å². The minimum absolute atomic E-state index is 0.0187. The molecule has 0 aliphatic carbocycles. The Labute approximate surface area is 128 Å². The summed E-state index contributed by atoms with van der Waals surface area (Å²) in [7, 11) is 0. The van der Waals surface area contributed by atoms with Crippen molar-refractivity contribution in [2.24, 2.45) is 0 Å². The molecule has 110 valence electrons. The highest BCUT2D eigenvalue weighted by Gasteiger charge is 2.25. The Hall–Kier alpha value is -1.85. The Morgan fingerprint density at radius 3 is 3.00 bits per heavy atom. The van der Waals surface area contributed by atoms with E-state index >= 15 is 0 Å². The van der Waals surface area contributed by atoms with Crippen LogP contribution in [0.2, 0.25) is 5.02 Å². The van der Waals surface area contributed by atoms with Crippen LogP contribution >= 0.6 is 11.6 Å². The summed E-state index contributed by atoms with van der Waals surface area (Å²) in [5.74, 6) is -0.0187. The molecule has 1 aromatic carbocycles. The molecule has 0 bridgehead atoms. The Kier molecular flexibility index (Phi) is 3.94. The van der Waals surface area contributed by atoms with E-state index in [1.54, 1.807) is 6.07 Å². The molecule has 1 aromatic heterocycles. The SMILES string of the molecule is C[C@@H]1CNCCN1C(=O)c1cc(-c2ccccc2Cl)n[nH]1. The zero-order valence-electron chi connectivity index (χ0n) is 11.8. The second kappa shape index (κ2) is 5.87. The normalized spacial score (nSPS) is 18.8. The number of amides is 1. The monoisotopic (exact) mass is 304 g/mol. The lowest BCUT2D eigenvalue weighted by atomic mass is 10.1. The largest absolute Gasteiger partial charge is 0.332 e. The third kappa shape index (κ3) is 2.80. The second-order valence-corrected chi connectivity index (χ2v) is 5.61. The molecule has 2 aromatic rings. The van der Waals surface area contributed by atoms with E-state index in [2.05, 4.69) is 15.5 Å². The lowest BCUT2D eigenvalue weighted by molar-refractivity contribution is 0.0649. The maximum absolute atomic E-state index is 12.5. The third-order valence-electron chi connectivity index (χ3n) is 3.72. The van der Waals surface area contributed by atoms with Crippen molar-refractivity contribution < 1.29 is 4.79 Å². The molecule has 2 heterocycles. The maximum atomic E-state index is 12.5. The van der Waals surface area contributed by atoms with Crippen molar-refractivity contribution in [3.05, 3.63) is 41.0 Å². The topological polar surface area (TPSA) is 61.0 Å². The summed E-state index contributed by atoms with van der Waals surface area (Å²) in [6.45, 7) is 4.38. The predicted molar refractivity (Wildman–Crippen MR) is 82.4 cm³/mol. The van der Waals surface area contributed by atoms with Gasteiger partial charge < -0.3 is 10.2 Å². The van der Waals surface area contributed by atoms with Gasteiger partial charge in [-0.1, -0.05) is 29.8 Å². The number of hydrogen-bond acceptors (Lipinski definition) is 3. The number of carbonyl (C=O) groups excluding carboxylic acids is 1. The molecule has 1 amide bonds. The van der Waals surface area contributed by atoms with Crippen molar-refractivity contribution in [1.29, 1.82) is 0 Å². The molecular weight excluding hydrogens is 288 g/mol. The minimum Gasteiger partial charge on any atom is -0.332 e. The summed E-state index contributed by atoms with van der Waals surface area (Å²) in [5.41, 5.74) is 2.01. The summed E-state index contributed by atoms with van der Waals surface area (Å²) < 4.78 is 0. The first kappa shape index (κ1) is 14.1.